The molecule has 1 aromatic rings. The van der Waals surface area contributed by atoms with Gasteiger partial charge < -0.3 is 14.4 Å². The summed E-state index contributed by atoms with van der Waals surface area (Å²) in [6, 6.07) is 5.06. The Kier molecular flexibility index (Phi) is 4.60. The molecule has 124 valence electrons. The van der Waals surface area contributed by atoms with Gasteiger partial charge in [0, 0.05) is 12.2 Å². The smallest absolute Gasteiger partial charge is 0.330 e. The van der Waals surface area contributed by atoms with E-state index >= 15 is 0 Å². The molecule has 2 fully saturated rings. The highest BCUT2D eigenvalue weighted by molar-refractivity contribution is 9.10. The van der Waals surface area contributed by atoms with Gasteiger partial charge in [-0.15, -0.1) is 11.8 Å². The van der Waals surface area contributed by atoms with Gasteiger partial charge in [0.25, 0.3) is 0 Å². The molecule has 2 aliphatic heterocycles. The van der Waals surface area contributed by atoms with E-state index in [1.165, 1.54) is 0 Å². The van der Waals surface area contributed by atoms with Crippen molar-refractivity contribution in [1.82, 2.24) is 4.90 Å². The summed E-state index contributed by atoms with van der Waals surface area (Å²) in [5, 5.41) is 0. The Morgan fingerprint density at radius 3 is 3.00 bits per heavy atom. The number of benzene rings is 1. The van der Waals surface area contributed by atoms with Gasteiger partial charge in [-0.3, -0.25) is 4.79 Å². The first-order chi connectivity index (χ1) is 10.9. The van der Waals surface area contributed by atoms with Gasteiger partial charge in [-0.25, -0.2) is 4.79 Å². The topological polar surface area (TPSA) is 55.8 Å². The number of carbonyl (C=O) groups excluding carboxylic acids is 2. The third-order valence-electron chi connectivity index (χ3n) is 4.31. The highest BCUT2D eigenvalue weighted by Crippen LogP contribution is 2.47. The summed E-state index contributed by atoms with van der Waals surface area (Å²) < 4.78 is 11.4. The average molecular weight is 400 g/mol. The van der Waals surface area contributed by atoms with Crippen LogP contribution in [0, 0.1) is 0 Å². The predicted molar refractivity (Wildman–Crippen MR) is 91.2 cm³/mol. The van der Waals surface area contributed by atoms with Crippen molar-refractivity contribution in [1.29, 1.82) is 0 Å². The number of nitrogens with zero attached hydrogens (tertiary/aromatic N) is 1. The van der Waals surface area contributed by atoms with E-state index in [-0.39, 0.29) is 23.4 Å². The van der Waals surface area contributed by atoms with Crippen molar-refractivity contribution < 1.29 is 19.1 Å². The SMILES string of the molecule is COc1ccc(COC(=O)[C@H]2CS[C@]3(C)CCC(=O)N23)cc1Br. The number of rotatable bonds is 4. The van der Waals surface area contributed by atoms with E-state index in [0.29, 0.717) is 12.2 Å². The van der Waals surface area contributed by atoms with Crippen LogP contribution in [0.1, 0.15) is 25.3 Å². The fourth-order valence-electron chi connectivity index (χ4n) is 3.05. The van der Waals surface area contributed by atoms with Gasteiger partial charge in [-0.1, -0.05) is 6.07 Å². The molecule has 0 saturated carbocycles. The average Bonchev–Trinajstić information content (AvgIpc) is 3.02. The Labute approximate surface area is 147 Å². The number of methoxy groups -OCH3 is 1. The van der Waals surface area contributed by atoms with E-state index in [0.717, 1.165) is 22.2 Å². The molecule has 0 aromatic heterocycles. The zero-order chi connectivity index (χ0) is 16.6. The first-order valence-electron chi connectivity index (χ1n) is 7.40. The first-order valence-corrected chi connectivity index (χ1v) is 9.17. The summed E-state index contributed by atoms with van der Waals surface area (Å²) >= 11 is 5.08. The summed E-state index contributed by atoms with van der Waals surface area (Å²) in [7, 11) is 1.60. The molecular weight excluding hydrogens is 382 g/mol. The number of ether oxygens (including phenoxy) is 2. The van der Waals surface area contributed by atoms with Crippen LogP contribution in [0.2, 0.25) is 0 Å². The fraction of sp³-hybridized carbons (Fsp3) is 0.500. The molecule has 7 heteroatoms. The van der Waals surface area contributed by atoms with E-state index in [1.807, 2.05) is 25.1 Å². The van der Waals surface area contributed by atoms with Crippen molar-refractivity contribution in [3.8, 4) is 5.75 Å². The van der Waals surface area contributed by atoms with E-state index in [4.69, 9.17) is 9.47 Å². The Hall–Kier alpha value is -1.21. The van der Waals surface area contributed by atoms with Gasteiger partial charge >= 0.3 is 5.97 Å². The molecule has 0 aliphatic carbocycles. The summed E-state index contributed by atoms with van der Waals surface area (Å²) in [6.45, 7) is 2.21. The van der Waals surface area contributed by atoms with Gasteiger partial charge in [0.15, 0.2) is 0 Å². The maximum atomic E-state index is 12.4. The van der Waals surface area contributed by atoms with Crippen LogP contribution in [0.4, 0.5) is 0 Å². The summed E-state index contributed by atoms with van der Waals surface area (Å²) in [4.78, 5) is 25.9. The number of hydrogen-bond donors (Lipinski definition) is 0. The van der Waals surface area contributed by atoms with Crippen molar-refractivity contribution in [3.63, 3.8) is 0 Å². The summed E-state index contributed by atoms with van der Waals surface area (Å²) in [6.07, 6.45) is 1.31. The van der Waals surface area contributed by atoms with E-state index in [2.05, 4.69) is 15.9 Å². The number of halogens is 1. The lowest BCUT2D eigenvalue weighted by molar-refractivity contribution is -0.154. The third kappa shape index (κ3) is 3.08. The third-order valence-corrected chi connectivity index (χ3v) is 6.44. The maximum absolute atomic E-state index is 12.4. The number of hydrogen-bond acceptors (Lipinski definition) is 5. The minimum absolute atomic E-state index is 0.0478. The molecule has 0 unspecified atom stereocenters. The van der Waals surface area contributed by atoms with Gasteiger partial charge in [0.1, 0.15) is 18.4 Å². The van der Waals surface area contributed by atoms with Crippen molar-refractivity contribution in [2.45, 2.75) is 37.3 Å². The number of esters is 1. The lowest BCUT2D eigenvalue weighted by atomic mass is 10.2. The monoisotopic (exact) mass is 399 g/mol. The van der Waals surface area contributed by atoms with Crippen molar-refractivity contribution in [2.24, 2.45) is 0 Å². The molecule has 2 heterocycles. The van der Waals surface area contributed by atoms with Crippen LogP contribution in [-0.2, 0) is 20.9 Å². The zero-order valence-electron chi connectivity index (χ0n) is 13.0. The maximum Gasteiger partial charge on any atom is 0.330 e. The normalized spacial score (nSPS) is 26.3. The Balaban J connectivity index is 1.64. The highest BCUT2D eigenvalue weighted by Gasteiger charge is 2.53. The standard InChI is InChI=1S/C16H18BrNO4S/c1-16-6-5-14(19)18(16)12(9-23-16)15(20)22-8-10-3-4-13(21-2)11(17)7-10/h3-4,7,12H,5-6,8-9H2,1-2H3/t12-,16-/m1/s1. The second-order valence-corrected chi connectivity index (χ2v) is 8.20. The first kappa shape index (κ1) is 16.6. The highest BCUT2D eigenvalue weighted by atomic mass is 79.9. The van der Waals surface area contributed by atoms with E-state index in [1.54, 1.807) is 23.8 Å². The molecule has 0 spiro atoms. The largest absolute Gasteiger partial charge is 0.496 e. The molecule has 2 atom stereocenters. The second-order valence-electron chi connectivity index (χ2n) is 5.84. The van der Waals surface area contributed by atoms with Crippen LogP contribution in [0.25, 0.3) is 0 Å². The van der Waals surface area contributed by atoms with Crippen LogP contribution in [-0.4, -0.2) is 40.6 Å². The van der Waals surface area contributed by atoms with Crippen LogP contribution in [0.3, 0.4) is 0 Å². The molecule has 5 nitrogen and oxygen atoms in total. The summed E-state index contributed by atoms with van der Waals surface area (Å²) in [5.74, 6) is 1.05. The second kappa shape index (κ2) is 6.36. The minimum atomic E-state index is -0.471. The zero-order valence-corrected chi connectivity index (χ0v) is 15.4. The molecule has 2 saturated heterocycles. The van der Waals surface area contributed by atoms with Crippen LogP contribution in [0.5, 0.6) is 5.75 Å². The predicted octanol–water partition coefficient (Wildman–Crippen LogP) is 2.95. The molecule has 0 radical (unpaired) electrons. The molecule has 1 aromatic carbocycles. The van der Waals surface area contributed by atoms with E-state index in [9.17, 15) is 9.59 Å². The van der Waals surface area contributed by atoms with Gasteiger partial charge in [-0.05, 0) is 47.0 Å². The van der Waals surface area contributed by atoms with Crippen molar-refractivity contribution in [2.75, 3.05) is 12.9 Å². The lowest BCUT2D eigenvalue weighted by Crippen LogP contribution is -2.46. The number of amides is 1. The molecule has 0 N–H and O–H groups in total. The van der Waals surface area contributed by atoms with Crippen LogP contribution >= 0.6 is 27.7 Å². The molecule has 23 heavy (non-hydrogen) atoms. The minimum Gasteiger partial charge on any atom is -0.496 e. The molecule has 1 amide bonds. The lowest BCUT2D eigenvalue weighted by Gasteiger charge is -2.29. The number of thioether (sulfide) groups is 1. The van der Waals surface area contributed by atoms with Gasteiger partial charge in [0.05, 0.1) is 16.5 Å². The van der Waals surface area contributed by atoms with Gasteiger partial charge in [0.2, 0.25) is 5.91 Å². The molecule has 2 aliphatic rings. The molecular formula is C16H18BrNO4S. The van der Waals surface area contributed by atoms with Crippen molar-refractivity contribution in [3.05, 3.63) is 28.2 Å². The Bertz CT molecular complexity index is 653. The Morgan fingerprint density at radius 2 is 2.30 bits per heavy atom. The summed E-state index contributed by atoms with van der Waals surface area (Å²) in [5.41, 5.74) is 0.868. The van der Waals surface area contributed by atoms with Gasteiger partial charge in [-0.2, -0.15) is 0 Å². The Morgan fingerprint density at radius 1 is 1.52 bits per heavy atom. The van der Waals surface area contributed by atoms with E-state index < -0.39 is 6.04 Å². The van der Waals surface area contributed by atoms with Crippen LogP contribution in [0.15, 0.2) is 22.7 Å². The van der Waals surface area contributed by atoms with Crippen molar-refractivity contribution >= 4 is 39.6 Å². The molecule has 3 rings (SSSR count). The number of fused-ring (bicyclic) bond motifs is 1. The number of carbonyl (C=O) groups is 2. The quantitative estimate of drug-likeness (QED) is 0.728. The molecule has 0 bridgehead atoms. The van der Waals surface area contributed by atoms with Crippen LogP contribution < -0.4 is 4.74 Å². The fourth-order valence-corrected chi connectivity index (χ4v) is 5.05.